The molecule has 0 radical (unpaired) electrons. The normalized spacial score (nSPS) is 14.0. The smallest absolute Gasteiger partial charge is 0.408 e. The van der Waals surface area contributed by atoms with E-state index in [0.717, 1.165) is 0 Å². The standard InChI is InChI=1S/C15H21NO5/c1-14(2,3)21-13(19)16-15(4,12(17)18)10-8-6-7-9-11(10)20-5/h6-9H,1-5H3,(H,16,19)(H,17,18). The van der Waals surface area contributed by atoms with Crippen LogP contribution in [0.15, 0.2) is 24.3 Å². The van der Waals surface area contributed by atoms with Crippen LogP contribution in [0.5, 0.6) is 5.75 Å². The molecule has 6 nitrogen and oxygen atoms in total. The molecule has 0 spiro atoms. The van der Waals surface area contributed by atoms with Crippen molar-refractivity contribution in [2.75, 3.05) is 7.11 Å². The number of carbonyl (C=O) groups is 2. The maximum Gasteiger partial charge on any atom is 0.408 e. The Balaban J connectivity index is 3.15. The SMILES string of the molecule is COc1ccccc1C(C)(NC(=O)OC(C)(C)C)C(=O)O. The van der Waals surface area contributed by atoms with E-state index in [2.05, 4.69) is 5.32 Å². The lowest BCUT2D eigenvalue weighted by Gasteiger charge is -2.29. The number of para-hydroxylation sites is 1. The van der Waals surface area contributed by atoms with Crippen LogP contribution in [0.1, 0.15) is 33.3 Å². The molecule has 0 aliphatic rings. The van der Waals surface area contributed by atoms with Crippen LogP contribution in [0.25, 0.3) is 0 Å². The molecule has 116 valence electrons. The summed E-state index contributed by atoms with van der Waals surface area (Å²) in [6.07, 6.45) is -0.807. The maximum absolute atomic E-state index is 11.9. The van der Waals surface area contributed by atoms with Gasteiger partial charge in [0.15, 0.2) is 5.54 Å². The first-order chi connectivity index (χ1) is 9.60. The van der Waals surface area contributed by atoms with Gasteiger partial charge in [-0.05, 0) is 33.8 Å². The van der Waals surface area contributed by atoms with Crippen molar-refractivity contribution < 1.29 is 24.2 Å². The van der Waals surface area contributed by atoms with E-state index in [1.54, 1.807) is 45.0 Å². The van der Waals surface area contributed by atoms with Crippen molar-refractivity contribution in [2.24, 2.45) is 0 Å². The van der Waals surface area contributed by atoms with E-state index >= 15 is 0 Å². The Bertz CT molecular complexity index is 535. The molecular weight excluding hydrogens is 274 g/mol. The first-order valence-corrected chi connectivity index (χ1v) is 6.48. The summed E-state index contributed by atoms with van der Waals surface area (Å²) in [4.78, 5) is 23.6. The highest BCUT2D eigenvalue weighted by Gasteiger charge is 2.40. The van der Waals surface area contributed by atoms with E-state index < -0.39 is 23.2 Å². The van der Waals surface area contributed by atoms with Crippen molar-refractivity contribution in [3.8, 4) is 5.75 Å². The number of benzene rings is 1. The molecule has 0 saturated carbocycles. The molecule has 1 atom stereocenters. The molecule has 1 unspecified atom stereocenters. The van der Waals surface area contributed by atoms with Gasteiger partial charge >= 0.3 is 12.1 Å². The average molecular weight is 295 g/mol. The zero-order chi connectivity index (χ0) is 16.3. The lowest BCUT2D eigenvalue weighted by molar-refractivity contribution is -0.144. The quantitative estimate of drug-likeness (QED) is 0.891. The molecule has 0 fully saturated rings. The largest absolute Gasteiger partial charge is 0.496 e. The van der Waals surface area contributed by atoms with Gasteiger partial charge in [-0.1, -0.05) is 18.2 Å². The van der Waals surface area contributed by atoms with E-state index in [1.807, 2.05) is 0 Å². The minimum atomic E-state index is -1.66. The third-order valence-corrected chi connectivity index (χ3v) is 2.82. The molecule has 1 aromatic carbocycles. The number of ether oxygens (including phenoxy) is 2. The van der Waals surface area contributed by atoms with Crippen LogP contribution in [0.4, 0.5) is 4.79 Å². The molecule has 0 aromatic heterocycles. The Kier molecular flexibility index (Phi) is 4.83. The third-order valence-electron chi connectivity index (χ3n) is 2.82. The predicted molar refractivity (Wildman–Crippen MR) is 77.4 cm³/mol. The van der Waals surface area contributed by atoms with Gasteiger partial charge in [0.2, 0.25) is 0 Å². The Morgan fingerprint density at radius 3 is 2.19 bits per heavy atom. The van der Waals surface area contributed by atoms with Crippen molar-refractivity contribution in [3.63, 3.8) is 0 Å². The van der Waals surface area contributed by atoms with Crippen molar-refractivity contribution in [1.82, 2.24) is 5.32 Å². The zero-order valence-electron chi connectivity index (χ0n) is 12.9. The summed E-state index contributed by atoms with van der Waals surface area (Å²) < 4.78 is 10.3. The predicted octanol–water partition coefficient (Wildman–Crippen LogP) is 2.52. The first kappa shape index (κ1) is 16.8. The van der Waals surface area contributed by atoms with Gasteiger partial charge in [0.25, 0.3) is 0 Å². The van der Waals surface area contributed by atoms with Crippen LogP contribution in [0.2, 0.25) is 0 Å². The van der Waals surface area contributed by atoms with Gasteiger partial charge < -0.3 is 19.9 Å². The fourth-order valence-electron chi connectivity index (χ4n) is 1.80. The number of alkyl carbamates (subject to hydrolysis) is 1. The number of hydrogen-bond acceptors (Lipinski definition) is 4. The number of carboxylic acid groups (broad SMARTS) is 1. The van der Waals surface area contributed by atoms with Crippen LogP contribution < -0.4 is 10.1 Å². The Labute approximate surface area is 124 Å². The van der Waals surface area contributed by atoms with Gasteiger partial charge in [-0.3, -0.25) is 0 Å². The van der Waals surface area contributed by atoms with E-state index in [0.29, 0.717) is 11.3 Å². The van der Waals surface area contributed by atoms with Crippen molar-refractivity contribution in [1.29, 1.82) is 0 Å². The minimum absolute atomic E-state index is 0.339. The van der Waals surface area contributed by atoms with Crippen LogP contribution in [0, 0.1) is 0 Å². The maximum atomic E-state index is 11.9. The summed E-state index contributed by atoms with van der Waals surface area (Å²) in [5.74, 6) is -0.837. The highest BCUT2D eigenvalue weighted by Crippen LogP contribution is 2.30. The van der Waals surface area contributed by atoms with E-state index in [-0.39, 0.29) is 0 Å². The van der Waals surface area contributed by atoms with Gasteiger partial charge in [-0.25, -0.2) is 9.59 Å². The first-order valence-electron chi connectivity index (χ1n) is 6.48. The van der Waals surface area contributed by atoms with E-state index in [1.165, 1.54) is 14.0 Å². The second kappa shape index (κ2) is 6.03. The summed E-state index contributed by atoms with van der Waals surface area (Å²) in [7, 11) is 1.44. The van der Waals surface area contributed by atoms with Gasteiger partial charge in [0, 0.05) is 5.56 Å². The lowest BCUT2D eigenvalue weighted by atomic mass is 9.91. The number of methoxy groups -OCH3 is 1. The number of carbonyl (C=O) groups excluding carboxylic acids is 1. The summed E-state index contributed by atoms with van der Waals surface area (Å²) >= 11 is 0. The van der Waals surface area contributed by atoms with Crippen LogP contribution >= 0.6 is 0 Å². The number of carboxylic acids is 1. The Morgan fingerprint density at radius 2 is 1.71 bits per heavy atom. The highest BCUT2D eigenvalue weighted by molar-refractivity contribution is 5.86. The average Bonchev–Trinajstić information content (AvgIpc) is 2.35. The molecule has 1 aromatic rings. The fourth-order valence-corrected chi connectivity index (χ4v) is 1.80. The summed E-state index contributed by atoms with van der Waals surface area (Å²) in [5, 5.41) is 11.9. The molecule has 0 bridgehead atoms. The van der Waals surface area contributed by atoms with Crippen molar-refractivity contribution >= 4 is 12.1 Å². The Hall–Kier alpha value is -2.24. The lowest BCUT2D eigenvalue weighted by Crippen LogP contribution is -2.51. The summed E-state index contributed by atoms with van der Waals surface area (Å²) in [5.41, 5.74) is -2.04. The monoisotopic (exact) mass is 295 g/mol. The Morgan fingerprint density at radius 1 is 1.14 bits per heavy atom. The number of hydrogen-bond donors (Lipinski definition) is 2. The topological polar surface area (TPSA) is 84.9 Å². The molecule has 0 aliphatic carbocycles. The number of rotatable bonds is 4. The van der Waals surface area contributed by atoms with E-state index in [9.17, 15) is 14.7 Å². The number of nitrogens with one attached hydrogen (secondary N) is 1. The molecule has 1 amide bonds. The molecule has 6 heteroatoms. The van der Waals surface area contributed by atoms with Crippen LogP contribution in [0.3, 0.4) is 0 Å². The molecular formula is C15H21NO5. The highest BCUT2D eigenvalue weighted by atomic mass is 16.6. The van der Waals surface area contributed by atoms with Gasteiger partial charge in [-0.15, -0.1) is 0 Å². The number of amides is 1. The van der Waals surface area contributed by atoms with Crippen LogP contribution in [-0.4, -0.2) is 29.9 Å². The third kappa shape index (κ3) is 4.11. The van der Waals surface area contributed by atoms with Crippen molar-refractivity contribution in [2.45, 2.75) is 38.8 Å². The summed E-state index contributed by atoms with van der Waals surface area (Å²) in [6, 6.07) is 6.62. The van der Waals surface area contributed by atoms with Gasteiger partial charge in [-0.2, -0.15) is 0 Å². The molecule has 0 aliphatic heterocycles. The summed E-state index contributed by atoms with van der Waals surface area (Å²) in [6.45, 7) is 6.49. The van der Waals surface area contributed by atoms with Gasteiger partial charge in [0.05, 0.1) is 7.11 Å². The molecule has 0 heterocycles. The molecule has 2 N–H and O–H groups in total. The second-order valence-corrected chi connectivity index (χ2v) is 5.76. The molecule has 0 saturated heterocycles. The molecule has 21 heavy (non-hydrogen) atoms. The van der Waals surface area contributed by atoms with Gasteiger partial charge in [0.1, 0.15) is 11.4 Å². The fraction of sp³-hybridized carbons (Fsp3) is 0.467. The van der Waals surface area contributed by atoms with Crippen molar-refractivity contribution in [3.05, 3.63) is 29.8 Å². The van der Waals surface area contributed by atoms with Crippen LogP contribution in [-0.2, 0) is 15.1 Å². The second-order valence-electron chi connectivity index (χ2n) is 5.76. The van der Waals surface area contributed by atoms with E-state index in [4.69, 9.17) is 9.47 Å². The number of aliphatic carboxylic acids is 1. The minimum Gasteiger partial charge on any atom is -0.496 e. The zero-order valence-corrected chi connectivity index (χ0v) is 12.9. The molecule has 1 rings (SSSR count).